The fourth-order valence-corrected chi connectivity index (χ4v) is 3.54. The molecule has 27 heavy (non-hydrogen) atoms. The summed E-state index contributed by atoms with van der Waals surface area (Å²) in [5, 5.41) is 8.71. The summed E-state index contributed by atoms with van der Waals surface area (Å²) in [5.41, 5.74) is 4.79. The number of hydrogen-bond acceptors (Lipinski definition) is 3. The zero-order chi connectivity index (χ0) is 19.6. The average Bonchev–Trinajstić information content (AvgIpc) is 3.12. The zero-order valence-corrected chi connectivity index (χ0v) is 16.7. The Balaban J connectivity index is 1.83. The number of carbonyl (C=O) groups excluding carboxylic acids is 1. The molecular weight excluding hydrogens is 340 g/mol. The van der Waals surface area contributed by atoms with Gasteiger partial charge in [-0.2, -0.15) is 5.10 Å². The van der Waals surface area contributed by atoms with Gasteiger partial charge in [-0.25, -0.2) is 0 Å². The first-order chi connectivity index (χ1) is 12.9. The van der Waals surface area contributed by atoms with Gasteiger partial charge in [-0.3, -0.25) is 9.48 Å². The van der Waals surface area contributed by atoms with Crippen LogP contribution in [0.1, 0.15) is 36.8 Å². The number of nitrogens with zero attached hydrogens (tertiary/aromatic N) is 3. The highest BCUT2D eigenvalue weighted by molar-refractivity contribution is 5.96. The van der Waals surface area contributed by atoms with E-state index in [0.29, 0.717) is 13.0 Å². The monoisotopic (exact) mass is 368 g/mol. The molecule has 0 radical (unpaired) electrons. The number of fused-ring (bicyclic) bond motifs is 1. The van der Waals surface area contributed by atoms with Gasteiger partial charge in [-0.15, -0.1) is 0 Å². The molecule has 2 heterocycles. The number of ether oxygens (including phenoxy) is 1. The van der Waals surface area contributed by atoms with Gasteiger partial charge in [-0.1, -0.05) is 18.2 Å². The number of amides is 1. The summed E-state index contributed by atoms with van der Waals surface area (Å²) in [6.45, 7) is 9.49. The molecule has 1 N–H and O–H groups in total. The van der Waals surface area contributed by atoms with Crippen molar-refractivity contribution in [1.29, 1.82) is 0 Å². The summed E-state index contributed by atoms with van der Waals surface area (Å²) < 4.78 is 9.30. The van der Waals surface area contributed by atoms with Crippen LogP contribution in [0.3, 0.4) is 0 Å². The van der Waals surface area contributed by atoms with Crippen LogP contribution in [-0.2, 0) is 22.5 Å². The maximum atomic E-state index is 12.8. The maximum Gasteiger partial charge on any atom is 0.228 e. The number of nitrogens with one attached hydrogen (secondary N) is 1. The van der Waals surface area contributed by atoms with Crippen molar-refractivity contribution in [1.82, 2.24) is 14.3 Å². The van der Waals surface area contributed by atoms with E-state index in [0.717, 1.165) is 40.1 Å². The van der Waals surface area contributed by atoms with Gasteiger partial charge >= 0.3 is 0 Å². The van der Waals surface area contributed by atoms with Gasteiger partial charge in [0, 0.05) is 36.8 Å². The van der Waals surface area contributed by atoms with Crippen molar-refractivity contribution >= 4 is 22.5 Å². The van der Waals surface area contributed by atoms with Crippen LogP contribution in [-0.4, -0.2) is 34.0 Å². The van der Waals surface area contributed by atoms with E-state index >= 15 is 0 Å². The molecule has 0 atom stereocenters. The van der Waals surface area contributed by atoms with Crippen LogP contribution < -0.4 is 5.32 Å². The summed E-state index contributed by atoms with van der Waals surface area (Å²) in [5.74, 6) is -0.0286. The highest BCUT2D eigenvalue weighted by atomic mass is 16.5. The van der Waals surface area contributed by atoms with Gasteiger partial charge in [0.25, 0.3) is 0 Å². The second kappa shape index (κ2) is 7.96. The van der Waals surface area contributed by atoms with Crippen LogP contribution in [0.25, 0.3) is 10.9 Å². The van der Waals surface area contributed by atoms with Gasteiger partial charge in [0.15, 0.2) is 0 Å². The Hall–Kier alpha value is -2.60. The van der Waals surface area contributed by atoms with E-state index in [-0.39, 0.29) is 11.9 Å². The summed E-state index contributed by atoms with van der Waals surface area (Å²) in [6, 6.07) is 8.42. The van der Waals surface area contributed by atoms with E-state index in [2.05, 4.69) is 47.2 Å². The standard InChI is InChI=1S/C21H28N4O2/c1-14(2)25-16(4)21(15(3)23-25)22-20(26)12-17-13-24(10-11-27-5)19-9-7-6-8-18(17)19/h6-9,13-14H,10-12H2,1-5H3,(H,22,26). The Kier molecular flexibility index (Phi) is 5.65. The topological polar surface area (TPSA) is 61.1 Å². The third-order valence-electron chi connectivity index (χ3n) is 4.84. The molecule has 0 bridgehead atoms. The lowest BCUT2D eigenvalue weighted by molar-refractivity contribution is -0.115. The summed E-state index contributed by atoms with van der Waals surface area (Å²) >= 11 is 0. The van der Waals surface area contributed by atoms with Crippen molar-refractivity contribution in [3.05, 3.63) is 47.4 Å². The van der Waals surface area contributed by atoms with Gasteiger partial charge in [0.05, 0.1) is 30.1 Å². The van der Waals surface area contributed by atoms with Gasteiger partial charge in [0.1, 0.15) is 0 Å². The SMILES string of the molecule is COCCn1cc(CC(=O)Nc2c(C)nn(C(C)C)c2C)c2ccccc21. The molecule has 0 saturated carbocycles. The lowest BCUT2D eigenvalue weighted by atomic mass is 10.1. The van der Waals surface area contributed by atoms with E-state index in [9.17, 15) is 4.79 Å². The second-order valence-electron chi connectivity index (χ2n) is 7.17. The van der Waals surface area contributed by atoms with Crippen molar-refractivity contribution in [3.63, 3.8) is 0 Å². The predicted molar refractivity (Wildman–Crippen MR) is 108 cm³/mol. The molecule has 0 aliphatic heterocycles. The molecule has 0 saturated heterocycles. The molecule has 6 heteroatoms. The van der Waals surface area contributed by atoms with Crippen molar-refractivity contribution in [2.24, 2.45) is 0 Å². The van der Waals surface area contributed by atoms with E-state index in [1.54, 1.807) is 7.11 Å². The number of carbonyl (C=O) groups is 1. The average molecular weight is 368 g/mol. The fourth-order valence-electron chi connectivity index (χ4n) is 3.54. The molecule has 144 valence electrons. The van der Waals surface area contributed by atoms with Gasteiger partial charge < -0.3 is 14.6 Å². The van der Waals surface area contributed by atoms with Crippen molar-refractivity contribution in [2.45, 2.75) is 46.7 Å². The summed E-state index contributed by atoms with van der Waals surface area (Å²) in [7, 11) is 1.70. The number of methoxy groups -OCH3 is 1. The Morgan fingerprint density at radius 3 is 2.67 bits per heavy atom. The first-order valence-corrected chi connectivity index (χ1v) is 9.33. The molecule has 2 aromatic heterocycles. The number of anilines is 1. The Labute approximate surface area is 160 Å². The maximum absolute atomic E-state index is 12.8. The number of para-hydroxylation sites is 1. The molecule has 0 spiro atoms. The molecule has 1 amide bonds. The lowest BCUT2D eigenvalue weighted by Crippen LogP contribution is -2.15. The van der Waals surface area contributed by atoms with Crippen LogP contribution in [0.4, 0.5) is 5.69 Å². The molecular formula is C21H28N4O2. The second-order valence-corrected chi connectivity index (χ2v) is 7.17. The van der Waals surface area contributed by atoms with Crippen LogP contribution in [0.5, 0.6) is 0 Å². The summed E-state index contributed by atoms with van der Waals surface area (Å²) in [6.07, 6.45) is 2.38. The first kappa shape index (κ1) is 19.2. The zero-order valence-electron chi connectivity index (χ0n) is 16.7. The van der Waals surface area contributed by atoms with Crippen LogP contribution in [0, 0.1) is 13.8 Å². The number of aryl methyl sites for hydroxylation is 1. The Morgan fingerprint density at radius 1 is 1.26 bits per heavy atom. The van der Waals surface area contributed by atoms with Crippen LogP contribution in [0.15, 0.2) is 30.5 Å². The van der Waals surface area contributed by atoms with Gasteiger partial charge in [0.2, 0.25) is 5.91 Å². The summed E-state index contributed by atoms with van der Waals surface area (Å²) in [4.78, 5) is 12.8. The molecule has 0 unspecified atom stereocenters. The largest absolute Gasteiger partial charge is 0.383 e. The highest BCUT2D eigenvalue weighted by Gasteiger charge is 2.17. The quantitative estimate of drug-likeness (QED) is 0.689. The number of benzene rings is 1. The molecule has 0 fully saturated rings. The Bertz CT molecular complexity index is 953. The third kappa shape index (κ3) is 3.90. The molecule has 0 aliphatic rings. The number of rotatable bonds is 7. The fraction of sp³-hybridized carbons (Fsp3) is 0.429. The Morgan fingerprint density at radius 2 is 2.00 bits per heavy atom. The van der Waals surface area contributed by atoms with E-state index in [1.807, 2.05) is 30.7 Å². The van der Waals surface area contributed by atoms with E-state index in [4.69, 9.17) is 4.74 Å². The minimum atomic E-state index is -0.0286. The smallest absolute Gasteiger partial charge is 0.228 e. The van der Waals surface area contributed by atoms with Gasteiger partial charge in [-0.05, 0) is 39.3 Å². The van der Waals surface area contributed by atoms with Crippen LogP contribution >= 0.6 is 0 Å². The predicted octanol–water partition coefficient (Wildman–Crippen LogP) is 3.86. The highest BCUT2D eigenvalue weighted by Crippen LogP contribution is 2.25. The lowest BCUT2D eigenvalue weighted by Gasteiger charge is -2.09. The van der Waals surface area contributed by atoms with E-state index in [1.165, 1.54) is 0 Å². The molecule has 3 rings (SSSR count). The molecule has 3 aromatic rings. The molecule has 6 nitrogen and oxygen atoms in total. The molecule has 0 aliphatic carbocycles. The van der Waals surface area contributed by atoms with Crippen molar-refractivity contribution in [2.75, 3.05) is 19.0 Å². The third-order valence-corrected chi connectivity index (χ3v) is 4.84. The number of aromatic nitrogens is 3. The van der Waals surface area contributed by atoms with Crippen molar-refractivity contribution in [3.8, 4) is 0 Å². The van der Waals surface area contributed by atoms with E-state index < -0.39 is 0 Å². The minimum absolute atomic E-state index is 0.0286. The number of hydrogen-bond donors (Lipinski definition) is 1. The minimum Gasteiger partial charge on any atom is -0.383 e. The first-order valence-electron chi connectivity index (χ1n) is 9.33. The molecule has 1 aromatic carbocycles. The normalized spacial score (nSPS) is 11.5. The van der Waals surface area contributed by atoms with Crippen LogP contribution in [0.2, 0.25) is 0 Å². The van der Waals surface area contributed by atoms with Crippen molar-refractivity contribution < 1.29 is 9.53 Å².